The summed E-state index contributed by atoms with van der Waals surface area (Å²) in [6, 6.07) is 17.9. The number of carbonyl (C=O) groups is 1. The summed E-state index contributed by atoms with van der Waals surface area (Å²) in [5.41, 5.74) is 3.33. The molecule has 148 valence electrons. The van der Waals surface area contributed by atoms with Crippen LogP contribution in [0.25, 0.3) is 0 Å². The smallest absolute Gasteiger partial charge is 0.220 e. The number of allylic oxidation sites excluding steroid dienone is 2. The van der Waals surface area contributed by atoms with Gasteiger partial charge in [-0.1, -0.05) is 60.1 Å². The van der Waals surface area contributed by atoms with E-state index in [0.29, 0.717) is 18.0 Å². The normalized spacial score (nSPS) is 12.9. The fraction of sp³-hybridized carbons (Fsp3) is 0.333. The van der Waals surface area contributed by atoms with Crippen LogP contribution in [0.5, 0.6) is 0 Å². The molecule has 0 radical (unpaired) electrons. The van der Waals surface area contributed by atoms with Crippen LogP contribution in [0.1, 0.15) is 56.6 Å². The van der Waals surface area contributed by atoms with E-state index in [1.807, 2.05) is 68.6 Å². The second kappa shape index (κ2) is 12.1. The van der Waals surface area contributed by atoms with Crippen molar-refractivity contribution in [1.29, 1.82) is 0 Å². The molecule has 0 fully saturated rings. The van der Waals surface area contributed by atoms with Crippen molar-refractivity contribution < 1.29 is 4.79 Å². The summed E-state index contributed by atoms with van der Waals surface area (Å²) in [4.78, 5) is 16.9. The Morgan fingerprint density at radius 1 is 1.04 bits per heavy atom. The van der Waals surface area contributed by atoms with Gasteiger partial charge < -0.3 is 5.32 Å². The van der Waals surface area contributed by atoms with Crippen molar-refractivity contribution >= 4 is 23.7 Å². The van der Waals surface area contributed by atoms with Gasteiger partial charge in [0, 0.05) is 35.8 Å². The van der Waals surface area contributed by atoms with Crippen LogP contribution in [0.2, 0.25) is 5.02 Å². The van der Waals surface area contributed by atoms with Gasteiger partial charge in [-0.2, -0.15) is 0 Å². The molecule has 1 N–H and O–H groups in total. The van der Waals surface area contributed by atoms with Crippen LogP contribution in [0.4, 0.5) is 0 Å². The highest BCUT2D eigenvalue weighted by molar-refractivity contribution is 6.30. The summed E-state index contributed by atoms with van der Waals surface area (Å²) >= 11 is 6.03. The molecule has 0 spiro atoms. The Labute approximate surface area is 173 Å². The number of aliphatic imine (C=N–C) groups is 1. The molecular weight excluding hydrogens is 368 g/mol. The van der Waals surface area contributed by atoms with E-state index < -0.39 is 0 Å². The molecule has 0 saturated heterocycles. The van der Waals surface area contributed by atoms with Gasteiger partial charge in [0.05, 0.1) is 0 Å². The maximum absolute atomic E-state index is 12.6. The molecule has 0 aliphatic rings. The van der Waals surface area contributed by atoms with Gasteiger partial charge in [-0.05, 0) is 56.4 Å². The predicted octanol–water partition coefficient (Wildman–Crippen LogP) is 6.14. The first-order valence-corrected chi connectivity index (χ1v) is 10.2. The molecular formula is C24H29ClN2O. The van der Waals surface area contributed by atoms with E-state index >= 15 is 0 Å². The van der Waals surface area contributed by atoms with Crippen LogP contribution in [0, 0.1) is 0 Å². The zero-order chi connectivity index (χ0) is 20.2. The van der Waals surface area contributed by atoms with E-state index in [1.165, 1.54) is 0 Å². The van der Waals surface area contributed by atoms with Gasteiger partial charge in [0.2, 0.25) is 5.91 Å². The number of amides is 1. The monoisotopic (exact) mass is 396 g/mol. The predicted molar refractivity (Wildman–Crippen MR) is 119 cm³/mol. The Balaban J connectivity index is 1.90. The van der Waals surface area contributed by atoms with Crippen molar-refractivity contribution in [3.05, 3.63) is 82.5 Å². The highest BCUT2D eigenvalue weighted by Crippen LogP contribution is 2.28. The number of hydrogen-bond donors (Lipinski definition) is 1. The number of hydrogen-bond acceptors (Lipinski definition) is 2. The zero-order valence-electron chi connectivity index (χ0n) is 16.7. The topological polar surface area (TPSA) is 41.5 Å². The van der Waals surface area contributed by atoms with Crippen LogP contribution >= 0.6 is 11.6 Å². The molecule has 1 atom stereocenters. The number of rotatable bonds is 10. The highest BCUT2D eigenvalue weighted by atomic mass is 35.5. The molecule has 1 amide bonds. The molecule has 3 nitrogen and oxygen atoms in total. The van der Waals surface area contributed by atoms with Crippen LogP contribution in [-0.4, -0.2) is 18.7 Å². The molecule has 2 rings (SSSR count). The number of benzene rings is 2. The largest absolute Gasteiger partial charge is 0.356 e. The Morgan fingerprint density at radius 3 is 2.36 bits per heavy atom. The minimum absolute atomic E-state index is 0.0204. The second-order valence-electron chi connectivity index (χ2n) is 6.69. The molecule has 0 aliphatic heterocycles. The van der Waals surface area contributed by atoms with Gasteiger partial charge in [0.1, 0.15) is 0 Å². The lowest BCUT2D eigenvalue weighted by Gasteiger charge is -2.18. The van der Waals surface area contributed by atoms with Crippen molar-refractivity contribution in [3.63, 3.8) is 0 Å². The zero-order valence-corrected chi connectivity index (χ0v) is 17.5. The molecule has 4 heteroatoms. The van der Waals surface area contributed by atoms with Crippen molar-refractivity contribution in [2.24, 2.45) is 4.99 Å². The summed E-state index contributed by atoms with van der Waals surface area (Å²) in [6.07, 6.45) is 7.17. The fourth-order valence-corrected chi connectivity index (χ4v) is 3.30. The first kappa shape index (κ1) is 21.9. The number of unbranched alkanes of at least 4 members (excludes halogenated alkanes) is 1. The number of halogens is 1. The Hall–Kier alpha value is -2.39. The fourth-order valence-electron chi connectivity index (χ4n) is 3.17. The van der Waals surface area contributed by atoms with Gasteiger partial charge in [-0.3, -0.25) is 9.79 Å². The van der Waals surface area contributed by atoms with Crippen molar-refractivity contribution in [3.8, 4) is 0 Å². The molecule has 2 aromatic carbocycles. The Morgan fingerprint density at radius 2 is 1.71 bits per heavy atom. The van der Waals surface area contributed by atoms with Crippen molar-refractivity contribution in [1.82, 2.24) is 5.32 Å². The van der Waals surface area contributed by atoms with Crippen LogP contribution < -0.4 is 5.32 Å². The molecule has 0 aromatic heterocycles. The number of carbonyl (C=O) groups excluding carboxylic acids is 1. The van der Waals surface area contributed by atoms with Crippen LogP contribution in [0.3, 0.4) is 0 Å². The lowest BCUT2D eigenvalue weighted by Crippen LogP contribution is -2.26. The molecule has 1 unspecified atom stereocenters. The van der Waals surface area contributed by atoms with E-state index in [1.54, 1.807) is 0 Å². The molecule has 0 aliphatic carbocycles. The molecule has 2 aromatic rings. The average molecular weight is 397 g/mol. The minimum atomic E-state index is 0.0204. The van der Waals surface area contributed by atoms with Crippen LogP contribution in [0.15, 0.2) is 71.4 Å². The first-order chi connectivity index (χ1) is 13.6. The average Bonchev–Trinajstić information content (AvgIpc) is 2.72. The Kier molecular flexibility index (Phi) is 9.50. The van der Waals surface area contributed by atoms with Gasteiger partial charge in [-0.25, -0.2) is 0 Å². The lowest BCUT2D eigenvalue weighted by molar-refractivity contribution is -0.121. The summed E-state index contributed by atoms with van der Waals surface area (Å²) in [5, 5.41) is 3.77. The lowest BCUT2D eigenvalue weighted by atomic mass is 9.88. The van der Waals surface area contributed by atoms with E-state index in [-0.39, 0.29) is 11.8 Å². The first-order valence-electron chi connectivity index (χ1n) is 9.85. The van der Waals surface area contributed by atoms with E-state index in [2.05, 4.69) is 22.4 Å². The molecule has 0 heterocycles. The Bertz CT molecular complexity index is 782. The third-order valence-electron chi connectivity index (χ3n) is 4.67. The maximum Gasteiger partial charge on any atom is 0.220 e. The summed E-state index contributed by atoms with van der Waals surface area (Å²) in [7, 11) is 0. The number of nitrogens with zero attached hydrogens (tertiary/aromatic N) is 1. The minimum Gasteiger partial charge on any atom is -0.356 e. The SMILES string of the molecule is CC=N/C(=C\C)CCCCNC(=O)CC(c1ccccc1)c1ccc(Cl)cc1. The standard InChI is InChI=1S/C24H29ClN2O/c1-3-22(26-4-2)12-8-9-17-27-24(28)18-23(19-10-6-5-7-11-19)20-13-15-21(25)16-14-20/h3-7,10-11,13-16,23H,8-9,12,17-18H2,1-2H3,(H,27,28)/b22-3-,26-4?. The highest BCUT2D eigenvalue weighted by Gasteiger charge is 2.18. The van der Waals surface area contributed by atoms with Gasteiger partial charge in [0.25, 0.3) is 0 Å². The van der Waals surface area contributed by atoms with Gasteiger partial charge >= 0.3 is 0 Å². The summed E-state index contributed by atoms with van der Waals surface area (Å²) in [5.74, 6) is 0.0913. The second-order valence-corrected chi connectivity index (χ2v) is 7.13. The van der Waals surface area contributed by atoms with Crippen molar-refractivity contribution in [2.75, 3.05) is 6.54 Å². The maximum atomic E-state index is 12.6. The van der Waals surface area contributed by atoms with E-state index in [4.69, 9.17) is 11.6 Å². The number of nitrogens with one attached hydrogen (secondary N) is 1. The third-order valence-corrected chi connectivity index (χ3v) is 4.93. The molecule has 0 bridgehead atoms. The summed E-state index contributed by atoms with van der Waals surface area (Å²) < 4.78 is 0. The summed E-state index contributed by atoms with van der Waals surface area (Å²) in [6.45, 7) is 4.62. The van der Waals surface area contributed by atoms with E-state index in [0.717, 1.165) is 36.1 Å². The van der Waals surface area contributed by atoms with Gasteiger partial charge in [0.15, 0.2) is 0 Å². The third kappa shape index (κ3) is 7.32. The molecule has 0 saturated carbocycles. The van der Waals surface area contributed by atoms with E-state index in [9.17, 15) is 4.79 Å². The quantitative estimate of drug-likeness (QED) is 0.380. The molecule has 28 heavy (non-hydrogen) atoms. The van der Waals surface area contributed by atoms with Crippen molar-refractivity contribution in [2.45, 2.75) is 45.4 Å². The van der Waals surface area contributed by atoms with Gasteiger partial charge in [-0.15, -0.1) is 0 Å². The van der Waals surface area contributed by atoms with Crippen LogP contribution in [-0.2, 0) is 4.79 Å².